The molecule has 0 aromatic carbocycles. The molecule has 0 bridgehead atoms. The van der Waals surface area contributed by atoms with Gasteiger partial charge in [-0.05, 0) is 44.4 Å². The fraction of sp³-hybridized carbons (Fsp3) is 0.700. The Kier molecular flexibility index (Phi) is 3.43. The van der Waals surface area contributed by atoms with E-state index >= 15 is 0 Å². The molecule has 1 aliphatic heterocycles. The first kappa shape index (κ1) is 10.7. The van der Waals surface area contributed by atoms with Crippen molar-refractivity contribution in [3.05, 3.63) is 11.1 Å². The first-order chi connectivity index (χ1) is 7.25. The lowest BCUT2D eigenvalue weighted by Gasteiger charge is -2.29. The van der Waals surface area contributed by atoms with Crippen LogP contribution < -0.4 is 0 Å². The Labute approximate surface area is 93.5 Å². The van der Waals surface area contributed by atoms with Crippen LogP contribution in [0, 0.1) is 5.92 Å². The summed E-state index contributed by atoms with van der Waals surface area (Å²) in [4.78, 5) is 13.5. The summed E-state index contributed by atoms with van der Waals surface area (Å²) in [5, 5.41) is 6.01. The highest BCUT2D eigenvalue weighted by Crippen LogP contribution is 2.19. The van der Waals surface area contributed by atoms with E-state index in [1.807, 2.05) is 5.38 Å². The van der Waals surface area contributed by atoms with Crippen LogP contribution in [-0.2, 0) is 11.3 Å². The predicted octanol–water partition coefficient (Wildman–Crippen LogP) is 1.34. The van der Waals surface area contributed by atoms with Crippen molar-refractivity contribution in [1.29, 1.82) is 0 Å². The van der Waals surface area contributed by atoms with Gasteiger partial charge in [-0.2, -0.15) is 0 Å². The average molecular weight is 225 g/mol. The van der Waals surface area contributed by atoms with Crippen LogP contribution in [0.25, 0.3) is 0 Å². The van der Waals surface area contributed by atoms with Crippen LogP contribution in [0.5, 0.6) is 0 Å². The minimum atomic E-state index is 0.287. The number of hydrogen-bond acceptors (Lipinski definition) is 5. The van der Waals surface area contributed by atoms with Crippen LogP contribution in [0.2, 0.25) is 0 Å². The van der Waals surface area contributed by atoms with Crippen molar-refractivity contribution in [1.82, 2.24) is 14.5 Å². The number of ketones is 1. The number of rotatable bonds is 3. The number of carbonyl (C=O) groups is 1. The van der Waals surface area contributed by atoms with Gasteiger partial charge in [-0.3, -0.25) is 9.69 Å². The van der Waals surface area contributed by atoms with Gasteiger partial charge in [0, 0.05) is 17.8 Å². The minimum Gasteiger partial charge on any atom is -0.300 e. The number of Topliss-reactive ketones (excluding diaryl/α,β-unsaturated/α-hetero) is 1. The van der Waals surface area contributed by atoms with Crippen molar-refractivity contribution >= 4 is 17.3 Å². The highest BCUT2D eigenvalue weighted by atomic mass is 32.1. The van der Waals surface area contributed by atoms with Gasteiger partial charge in [0.25, 0.3) is 0 Å². The molecule has 4 nitrogen and oxygen atoms in total. The number of carbonyl (C=O) groups excluding carboxylic acids is 1. The molecule has 5 heteroatoms. The lowest BCUT2D eigenvalue weighted by atomic mass is 9.93. The van der Waals surface area contributed by atoms with Crippen molar-refractivity contribution in [3.63, 3.8) is 0 Å². The van der Waals surface area contributed by atoms with Crippen molar-refractivity contribution in [2.24, 2.45) is 5.92 Å². The van der Waals surface area contributed by atoms with Gasteiger partial charge in [-0.25, -0.2) is 0 Å². The van der Waals surface area contributed by atoms with Gasteiger partial charge in [0.05, 0.1) is 5.69 Å². The SMILES string of the molecule is CC(=O)C1CCN(Cc2csnn2)CC1. The van der Waals surface area contributed by atoms with Gasteiger partial charge in [0.2, 0.25) is 0 Å². The number of nitrogens with zero attached hydrogens (tertiary/aromatic N) is 3. The summed E-state index contributed by atoms with van der Waals surface area (Å²) in [5.41, 5.74) is 1.04. The lowest BCUT2D eigenvalue weighted by Crippen LogP contribution is -2.35. The molecule has 2 rings (SSSR count). The standard InChI is InChI=1S/C10H15N3OS/c1-8(14)9-2-4-13(5-3-9)6-10-7-15-12-11-10/h7,9H,2-6H2,1H3. The normalized spacial score (nSPS) is 19.3. The van der Waals surface area contributed by atoms with E-state index in [0.717, 1.165) is 38.2 Å². The monoisotopic (exact) mass is 225 g/mol. The van der Waals surface area contributed by atoms with Gasteiger partial charge < -0.3 is 0 Å². The average Bonchev–Trinajstić information content (AvgIpc) is 2.71. The predicted molar refractivity (Wildman–Crippen MR) is 58.6 cm³/mol. The molecule has 0 N–H and O–H groups in total. The molecule has 1 aromatic rings. The van der Waals surface area contributed by atoms with E-state index in [1.54, 1.807) is 6.92 Å². The zero-order valence-corrected chi connectivity index (χ0v) is 9.66. The summed E-state index contributed by atoms with van der Waals surface area (Å²) in [7, 11) is 0. The van der Waals surface area contributed by atoms with Crippen molar-refractivity contribution in [3.8, 4) is 0 Å². The maximum absolute atomic E-state index is 11.2. The third-order valence-corrected chi connectivity index (χ3v) is 3.51. The zero-order valence-electron chi connectivity index (χ0n) is 8.85. The van der Waals surface area contributed by atoms with E-state index < -0.39 is 0 Å². The fourth-order valence-electron chi connectivity index (χ4n) is 1.98. The van der Waals surface area contributed by atoms with E-state index in [0.29, 0.717) is 5.78 Å². The summed E-state index contributed by atoms with van der Waals surface area (Å²) < 4.78 is 3.84. The van der Waals surface area contributed by atoms with Gasteiger partial charge in [0.1, 0.15) is 5.78 Å². The van der Waals surface area contributed by atoms with Gasteiger partial charge >= 0.3 is 0 Å². The molecule has 0 unspecified atom stereocenters. The highest BCUT2D eigenvalue weighted by Gasteiger charge is 2.22. The molecular formula is C10H15N3OS. The summed E-state index contributed by atoms with van der Waals surface area (Å²) in [6, 6.07) is 0. The Balaban J connectivity index is 1.81. The number of likely N-dealkylation sites (tertiary alicyclic amines) is 1. The first-order valence-electron chi connectivity index (χ1n) is 5.24. The molecule has 15 heavy (non-hydrogen) atoms. The topological polar surface area (TPSA) is 46.1 Å². The molecular weight excluding hydrogens is 210 g/mol. The molecule has 0 spiro atoms. The highest BCUT2D eigenvalue weighted by molar-refractivity contribution is 7.03. The van der Waals surface area contributed by atoms with Crippen LogP contribution in [0.1, 0.15) is 25.5 Å². The summed E-state index contributed by atoms with van der Waals surface area (Å²) in [6.45, 7) is 4.58. The third kappa shape index (κ3) is 2.82. The molecule has 0 radical (unpaired) electrons. The third-order valence-electron chi connectivity index (χ3n) is 2.95. The van der Waals surface area contributed by atoms with Crippen molar-refractivity contribution < 1.29 is 4.79 Å². The number of aromatic nitrogens is 2. The molecule has 1 fully saturated rings. The molecule has 0 amide bonds. The molecule has 82 valence electrons. The second-order valence-corrected chi connectivity index (χ2v) is 4.67. The molecule has 1 saturated heterocycles. The Morgan fingerprint density at radius 2 is 2.33 bits per heavy atom. The van der Waals surface area contributed by atoms with Gasteiger partial charge in [0.15, 0.2) is 0 Å². The van der Waals surface area contributed by atoms with E-state index in [2.05, 4.69) is 14.5 Å². The van der Waals surface area contributed by atoms with Crippen molar-refractivity contribution in [2.45, 2.75) is 26.3 Å². The number of piperidine rings is 1. The van der Waals surface area contributed by atoms with Crippen LogP contribution in [0.3, 0.4) is 0 Å². The van der Waals surface area contributed by atoms with Gasteiger partial charge in [-0.1, -0.05) is 4.49 Å². The second-order valence-electron chi connectivity index (χ2n) is 4.06. The maximum atomic E-state index is 11.2. The van der Waals surface area contributed by atoms with E-state index in [1.165, 1.54) is 11.5 Å². The van der Waals surface area contributed by atoms with E-state index in [-0.39, 0.29) is 5.92 Å². The fourth-order valence-corrected chi connectivity index (χ4v) is 2.42. The molecule has 0 aliphatic carbocycles. The minimum absolute atomic E-state index is 0.287. The Bertz CT molecular complexity index is 317. The summed E-state index contributed by atoms with van der Waals surface area (Å²) in [5.74, 6) is 0.625. The quantitative estimate of drug-likeness (QED) is 0.778. The Morgan fingerprint density at radius 1 is 1.60 bits per heavy atom. The Hall–Kier alpha value is -0.810. The lowest BCUT2D eigenvalue weighted by molar-refractivity contribution is -0.122. The van der Waals surface area contributed by atoms with Crippen molar-refractivity contribution in [2.75, 3.05) is 13.1 Å². The summed E-state index contributed by atoms with van der Waals surface area (Å²) in [6.07, 6.45) is 1.99. The van der Waals surface area contributed by atoms with E-state index in [4.69, 9.17) is 0 Å². The zero-order chi connectivity index (χ0) is 10.7. The molecule has 0 atom stereocenters. The maximum Gasteiger partial charge on any atom is 0.133 e. The Morgan fingerprint density at radius 3 is 2.87 bits per heavy atom. The summed E-state index contributed by atoms with van der Waals surface area (Å²) >= 11 is 1.39. The second kappa shape index (κ2) is 4.81. The molecule has 0 saturated carbocycles. The number of hydrogen-bond donors (Lipinski definition) is 0. The van der Waals surface area contributed by atoms with Crippen LogP contribution in [-0.4, -0.2) is 33.4 Å². The first-order valence-corrected chi connectivity index (χ1v) is 6.08. The largest absolute Gasteiger partial charge is 0.300 e. The molecule has 2 heterocycles. The van der Waals surface area contributed by atoms with E-state index in [9.17, 15) is 4.79 Å². The van der Waals surface area contributed by atoms with Crippen LogP contribution in [0.15, 0.2) is 5.38 Å². The molecule has 1 aliphatic rings. The molecule has 1 aromatic heterocycles. The van der Waals surface area contributed by atoms with Crippen LogP contribution in [0.4, 0.5) is 0 Å². The smallest absolute Gasteiger partial charge is 0.133 e. The van der Waals surface area contributed by atoms with Crippen LogP contribution >= 0.6 is 11.5 Å². The van der Waals surface area contributed by atoms with Gasteiger partial charge in [-0.15, -0.1) is 5.10 Å².